The first-order valence-electron chi connectivity index (χ1n) is 9.43. The van der Waals surface area contributed by atoms with Gasteiger partial charge in [0.15, 0.2) is 0 Å². The van der Waals surface area contributed by atoms with E-state index in [1.807, 2.05) is 68.4 Å². The van der Waals surface area contributed by atoms with E-state index in [4.69, 9.17) is 0 Å². The average Bonchev–Trinajstić information content (AvgIpc) is 2.74. The molecule has 0 aromatic heterocycles. The minimum absolute atomic E-state index is 0.123. The van der Waals surface area contributed by atoms with E-state index in [2.05, 4.69) is 10.6 Å². The SMILES string of the molecule is CCc1ccccc1NC(=O)c1cccc(C(=O)NC(C)c2ccccc2)c1. The van der Waals surface area contributed by atoms with Gasteiger partial charge in [-0.1, -0.05) is 61.5 Å². The predicted molar refractivity (Wildman–Crippen MR) is 113 cm³/mol. The van der Waals surface area contributed by atoms with Gasteiger partial charge >= 0.3 is 0 Å². The molecule has 0 bridgehead atoms. The van der Waals surface area contributed by atoms with Crippen LogP contribution in [0.25, 0.3) is 0 Å². The molecule has 142 valence electrons. The topological polar surface area (TPSA) is 58.2 Å². The van der Waals surface area contributed by atoms with E-state index in [1.165, 1.54) is 0 Å². The minimum atomic E-state index is -0.230. The van der Waals surface area contributed by atoms with Crippen LogP contribution in [0.3, 0.4) is 0 Å². The highest BCUT2D eigenvalue weighted by Gasteiger charge is 2.14. The number of hydrogen-bond donors (Lipinski definition) is 2. The number of anilines is 1. The molecule has 0 saturated heterocycles. The van der Waals surface area contributed by atoms with Crippen LogP contribution in [0.2, 0.25) is 0 Å². The highest BCUT2D eigenvalue weighted by Crippen LogP contribution is 2.18. The smallest absolute Gasteiger partial charge is 0.255 e. The number of aryl methyl sites for hydroxylation is 1. The van der Waals surface area contributed by atoms with E-state index >= 15 is 0 Å². The van der Waals surface area contributed by atoms with Crippen LogP contribution < -0.4 is 10.6 Å². The summed E-state index contributed by atoms with van der Waals surface area (Å²) in [7, 11) is 0. The molecule has 1 atom stereocenters. The van der Waals surface area contributed by atoms with Crippen molar-refractivity contribution in [3.63, 3.8) is 0 Å². The molecule has 0 spiro atoms. The van der Waals surface area contributed by atoms with Crippen molar-refractivity contribution in [2.75, 3.05) is 5.32 Å². The van der Waals surface area contributed by atoms with Gasteiger partial charge in [0.05, 0.1) is 6.04 Å². The molecular formula is C24H24N2O2. The first-order chi connectivity index (χ1) is 13.6. The maximum absolute atomic E-state index is 12.7. The van der Waals surface area contributed by atoms with Gasteiger partial charge in [-0.2, -0.15) is 0 Å². The summed E-state index contributed by atoms with van der Waals surface area (Å²) in [6.45, 7) is 3.98. The third-order valence-corrected chi connectivity index (χ3v) is 4.68. The monoisotopic (exact) mass is 372 g/mol. The zero-order valence-electron chi connectivity index (χ0n) is 16.1. The number of carbonyl (C=O) groups is 2. The minimum Gasteiger partial charge on any atom is -0.346 e. The lowest BCUT2D eigenvalue weighted by molar-refractivity contribution is 0.0940. The van der Waals surface area contributed by atoms with Crippen LogP contribution in [0.4, 0.5) is 5.69 Å². The Hall–Kier alpha value is -3.40. The van der Waals surface area contributed by atoms with Crippen LogP contribution in [0.5, 0.6) is 0 Å². The van der Waals surface area contributed by atoms with E-state index in [1.54, 1.807) is 24.3 Å². The Morgan fingerprint density at radius 2 is 1.46 bits per heavy atom. The number of carbonyl (C=O) groups excluding carboxylic acids is 2. The molecule has 28 heavy (non-hydrogen) atoms. The summed E-state index contributed by atoms with van der Waals surface area (Å²) in [4.78, 5) is 25.3. The second-order valence-corrected chi connectivity index (χ2v) is 6.65. The van der Waals surface area contributed by atoms with Crippen LogP contribution >= 0.6 is 0 Å². The molecule has 3 rings (SSSR count). The summed E-state index contributed by atoms with van der Waals surface area (Å²) in [6, 6.07) is 24.1. The Kier molecular flexibility index (Phi) is 6.22. The maximum Gasteiger partial charge on any atom is 0.255 e. The molecule has 0 aliphatic carbocycles. The second kappa shape index (κ2) is 9.00. The summed E-state index contributed by atoms with van der Waals surface area (Å²) in [5.74, 6) is -0.438. The molecular weight excluding hydrogens is 348 g/mol. The Labute approximate surface area is 165 Å². The predicted octanol–water partition coefficient (Wildman–Crippen LogP) is 4.99. The van der Waals surface area contributed by atoms with Crippen molar-refractivity contribution in [2.24, 2.45) is 0 Å². The maximum atomic E-state index is 12.7. The molecule has 0 aliphatic rings. The van der Waals surface area contributed by atoms with Crippen LogP contribution in [-0.2, 0) is 6.42 Å². The van der Waals surface area contributed by atoms with Gasteiger partial charge < -0.3 is 10.6 Å². The van der Waals surface area contributed by atoms with Crippen LogP contribution in [-0.4, -0.2) is 11.8 Å². The summed E-state index contributed by atoms with van der Waals surface area (Å²) in [5, 5.41) is 5.92. The van der Waals surface area contributed by atoms with Gasteiger partial charge in [-0.15, -0.1) is 0 Å². The van der Waals surface area contributed by atoms with E-state index < -0.39 is 0 Å². The van der Waals surface area contributed by atoms with Gasteiger partial charge in [0.2, 0.25) is 0 Å². The van der Waals surface area contributed by atoms with Crippen molar-refractivity contribution in [1.82, 2.24) is 5.32 Å². The second-order valence-electron chi connectivity index (χ2n) is 6.65. The standard InChI is InChI=1S/C24H24N2O2/c1-3-18-10-7-8-15-22(18)26-24(28)21-14-9-13-20(16-21)23(27)25-17(2)19-11-5-4-6-12-19/h4-17H,3H2,1-2H3,(H,25,27)(H,26,28). The van der Waals surface area contributed by atoms with Crippen molar-refractivity contribution in [2.45, 2.75) is 26.3 Å². The molecule has 2 amide bonds. The van der Waals surface area contributed by atoms with E-state index in [0.717, 1.165) is 23.2 Å². The molecule has 3 aromatic rings. The fraction of sp³-hybridized carbons (Fsp3) is 0.167. The first kappa shape index (κ1) is 19.4. The number of para-hydroxylation sites is 1. The van der Waals surface area contributed by atoms with Gasteiger partial charge in [0.25, 0.3) is 11.8 Å². The van der Waals surface area contributed by atoms with Crippen LogP contribution in [0.15, 0.2) is 78.9 Å². The zero-order chi connectivity index (χ0) is 19.9. The molecule has 2 N–H and O–H groups in total. The molecule has 4 nitrogen and oxygen atoms in total. The van der Waals surface area contributed by atoms with Crippen molar-refractivity contribution in [3.8, 4) is 0 Å². The Morgan fingerprint density at radius 1 is 0.821 bits per heavy atom. The number of amides is 2. The Balaban J connectivity index is 1.72. The highest BCUT2D eigenvalue weighted by atomic mass is 16.2. The Bertz CT molecular complexity index is 967. The third kappa shape index (κ3) is 4.65. The van der Waals surface area contributed by atoms with Crippen molar-refractivity contribution < 1.29 is 9.59 Å². The van der Waals surface area contributed by atoms with Crippen molar-refractivity contribution in [1.29, 1.82) is 0 Å². The molecule has 0 heterocycles. The number of benzene rings is 3. The fourth-order valence-corrected chi connectivity index (χ4v) is 3.05. The highest BCUT2D eigenvalue weighted by molar-refractivity contribution is 6.06. The summed E-state index contributed by atoms with van der Waals surface area (Å²) < 4.78 is 0. The quantitative estimate of drug-likeness (QED) is 0.640. The van der Waals surface area contributed by atoms with Gasteiger partial charge in [0, 0.05) is 16.8 Å². The summed E-state index contributed by atoms with van der Waals surface area (Å²) in [5.41, 5.74) is 3.80. The van der Waals surface area contributed by atoms with Crippen molar-refractivity contribution in [3.05, 3.63) is 101 Å². The first-order valence-corrected chi connectivity index (χ1v) is 9.43. The van der Waals surface area contributed by atoms with Crippen LogP contribution in [0, 0.1) is 0 Å². The molecule has 0 radical (unpaired) electrons. The van der Waals surface area contributed by atoms with E-state index in [9.17, 15) is 9.59 Å². The van der Waals surface area contributed by atoms with Gasteiger partial charge in [-0.3, -0.25) is 9.59 Å². The van der Waals surface area contributed by atoms with E-state index in [0.29, 0.717) is 11.1 Å². The van der Waals surface area contributed by atoms with Gasteiger partial charge in [-0.05, 0) is 48.7 Å². The van der Waals surface area contributed by atoms with Crippen LogP contribution in [0.1, 0.15) is 51.7 Å². The molecule has 4 heteroatoms. The lowest BCUT2D eigenvalue weighted by Crippen LogP contribution is -2.27. The number of nitrogens with one attached hydrogen (secondary N) is 2. The van der Waals surface area contributed by atoms with Crippen molar-refractivity contribution >= 4 is 17.5 Å². The lowest BCUT2D eigenvalue weighted by Gasteiger charge is -2.15. The number of rotatable bonds is 6. The molecule has 0 fully saturated rings. The largest absolute Gasteiger partial charge is 0.346 e. The molecule has 3 aromatic carbocycles. The zero-order valence-corrected chi connectivity index (χ0v) is 16.1. The molecule has 1 unspecified atom stereocenters. The number of hydrogen-bond acceptors (Lipinski definition) is 2. The summed E-state index contributed by atoms with van der Waals surface area (Å²) >= 11 is 0. The third-order valence-electron chi connectivity index (χ3n) is 4.68. The molecule has 0 saturated carbocycles. The average molecular weight is 372 g/mol. The van der Waals surface area contributed by atoms with Gasteiger partial charge in [0.1, 0.15) is 0 Å². The Morgan fingerprint density at radius 3 is 2.18 bits per heavy atom. The van der Waals surface area contributed by atoms with E-state index in [-0.39, 0.29) is 17.9 Å². The van der Waals surface area contributed by atoms with Gasteiger partial charge in [-0.25, -0.2) is 0 Å². The molecule has 0 aliphatic heterocycles. The normalized spacial score (nSPS) is 11.5. The fourth-order valence-electron chi connectivity index (χ4n) is 3.05. The summed E-state index contributed by atoms with van der Waals surface area (Å²) in [6.07, 6.45) is 0.830. The lowest BCUT2D eigenvalue weighted by atomic mass is 10.1.